The lowest BCUT2D eigenvalue weighted by atomic mass is 9.72. The van der Waals surface area contributed by atoms with Crippen molar-refractivity contribution in [3.8, 4) is 0 Å². The first-order valence-electron chi connectivity index (χ1n) is 9.03. The van der Waals surface area contributed by atoms with Crippen molar-refractivity contribution in [3.05, 3.63) is 71.4 Å². The molecular weight excluding hydrogens is 324 g/mol. The fourth-order valence-electron chi connectivity index (χ4n) is 3.30. The lowest BCUT2D eigenvalue weighted by molar-refractivity contribution is -0.379. The van der Waals surface area contributed by atoms with Gasteiger partial charge in [0, 0.05) is 11.6 Å². The van der Waals surface area contributed by atoms with E-state index in [0.29, 0.717) is 5.57 Å². The summed E-state index contributed by atoms with van der Waals surface area (Å²) in [5.74, 6) is 0.168. The highest BCUT2D eigenvalue weighted by molar-refractivity contribution is 5.81. The number of H-pyrrole nitrogens is 2. The van der Waals surface area contributed by atoms with Crippen LogP contribution in [0.1, 0.15) is 52.8 Å². The molecule has 2 rings (SSSR count). The summed E-state index contributed by atoms with van der Waals surface area (Å²) in [7, 11) is 0. The highest BCUT2D eigenvalue weighted by Crippen LogP contribution is 2.43. The van der Waals surface area contributed by atoms with Gasteiger partial charge in [-0.2, -0.15) is 0 Å². The predicted octanol–water partition coefficient (Wildman–Crippen LogP) is 4.88. The zero-order valence-electron chi connectivity index (χ0n) is 16.1. The number of carboxylic acid groups (broad SMARTS) is 1. The molecule has 0 atom stereocenters. The molecule has 1 aliphatic carbocycles. The van der Waals surface area contributed by atoms with Gasteiger partial charge >= 0.3 is 5.97 Å². The van der Waals surface area contributed by atoms with Crippen LogP contribution in [0.4, 0.5) is 0 Å². The standard InChI is InChI=1S/C22H28N2O2/c1-16(7-5-8-17(2)15-20(25)26)10-11-19-18(21-23-13-14-24-21)9-6-12-22(19,3)4/h5,7-8,10-11,13-15H,6,9,12H2,1-4H3,(H,23,24)(H,25,26)/p+1/b8-5+,11-10+,16-7+,17-15+. The van der Waals surface area contributed by atoms with Gasteiger partial charge in [0.2, 0.25) is 0 Å². The predicted molar refractivity (Wildman–Crippen MR) is 105 cm³/mol. The van der Waals surface area contributed by atoms with Crippen LogP contribution in [0, 0.1) is 5.41 Å². The van der Waals surface area contributed by atoms with E-state index in [1.54, 1.807) is 13.0 Å². The summed E-state index contributed by atoms with van der Waals surface area (Å²) in [6.45, 7) is 8.42. The summed E-state index contributed by atoms with van der Waals surface area (Å²) in [4.78, 5) is 17.2. The molecule has 26 heavy (non-hydrogen) atoms. The van der Waals surface area contributed by atoms with E-state index in [0.717, 1.165) is 17.8 Å². The molecule has 0 bridgehead atoms. The molecule has 0 saturated heterocycles. The molecule has 0 aromatic carbocycles. The first kappa shape index (κ1) is 19.7. The topological polar surface area (TPSA) is 67.2 Å². The molecule has 4 heteroatoms. The van der Waals surface area contributed by atoms with Gasteiger partial charge in [-0.15, -0.1) is 0 Å². The second-order valence-electron chi connectivity index (χ2n) is 7.46. The number of aromatic nitrogens is 2. The Balaban J connectivity index is 2.23. The molecular formula is C22H29N2O2+. The normalized spacial score (nSPS) is 18.9. The summed E-state index contributed by atoms with van der Waals surface area (Å²) in [6.07, 6.45) is 18.5. The number of hydrogen-bond acceptors (Lipinski definition) is 1. The number of rotatable bonds is 6. The maximum atomic E-state index is 10.6. The number of aliphatic carboxylic acids is 1. The van der Waals surface area contributed by atoms with Gasteiger partial charge in [0.1, 0.15) is 12.4 Å². The molecule has 1 aromatic heterocycles. The molecule has 0 unspecified atom stereocenters. The first-order chi connectivity index (χ1) is 12.3. The van der Waals surface area contributed by atoms with E-state index in [1.165, 1.54) is 30.1 Å². The molecule has 0 aliphatic heterocycles. The van der Waals surface area contributed by atoms with Gasteiger partial charge in [0.25, 0.3) is 5.82 Å². The number of aromatic amines is 2. The van der Waals surface area contributed by atoms with Crippen molar-refractivity contribution in [1.82, 2.24) is 4.98 Å². The quantitative estimate of drug-likeness (QED) is 0.565. The molecule has 1 aliphatic rings. The van der Waals surface area contributed by atoms with Gasteiger partial charge in [-0.1, -0.05) is 49.8 Å². The Labute approximate surface area is 155 Å². The molecule has 4 nitrogen and oxygen atoms in total. The van der Waals surface area contributed by atoms with E-state index >= 15 is 0 Å². The minimum absolute atomic E-state index is 0.139. The van der Waals surface area contributed by atoms with E-state index in [1.807, 2.05) is 31.5 Å². The summed E-state index contributed by atoms with van der Waals surface area (Å²) in [5.41, 5.74) is 4.69. The fourth-order valence-corrected chi connectivity index (χ4v) is 3.30. The third-order valence-corrected chi connectivity index (χ3v) is 4.71. The number of imidazole rings is 1. The van der Waals surface area contributed by atoms with Crippen LogP contribution in [0.25, 0.3) is 5.57 Å². The Bertz CT molecular complexity index is 788. The van der Waals surface area contributed by atoms with Gasteiger partial charge in [-0.3, -0.25) is 0 Å². The lowest BCUT2D eigenvalue weighted by Gasteiger charge is -2.32. The Morgan fingerprint density at radius 2 is 2.04 bits per heavy atom. The number of carboxylic acids is 1. The van der Waals surface area contributed by atoms with E-state index in [2.05, 4.69) is 36.0 Å². The van der Waals surface area contributed by atoms with Crippen molar-refractivity contribution in [2.45, 2.75) is 47.0 Å². The highest BCUT2D eigenvalue weighted by atomic mass is 16.4. The zero-order valence-corrected chi connectivity index (χ0v) is 16.1. The fraction of sp³-hybridized carbons (Fsp3) is 0.364. The van der Waals surface area contributed by atoms with Crippen LogP contribution in [0.15, 0.2) is 65.6 Å². The number of carbonyl (C=O) groups is 1. The highest BCUT2D eigenvalue weighted by Gasteiger charge is 2.31. The van der Waals surface area contributed by atoms with Gasteiger partial charge < -0.3 is 5.11 Å². The van der Waals surface area contributed by atoms with Gasteiger partial charge in [-0.05, 0) is 49.7 Å². The Kier molecular flexibility index (Phi) is 6.56. The second kappa shape index (κ2) is 8.65. The zero-order chi connectivity index (χ0) is 19.2. The molecule has 1 aromatic rings. The van der Waals surface area contributed by atoms with E-state index in [9.17, 15) is 4.79 Å². The van der Waals surface area contributed by atoms with Crippen molar-refractivity contribution in [2.24, 2.45) is 5.41 Å². The Morgan fingerprint density at radius 1 is 1.27 bits per heavy atom. The second-order valence-corrected chi connectivity index (χ2v) is 7.46. The summed E-state index contributed by atoms with van der Waals surface area (Å²) < 4.78 is 0. The van der Waals surface area contributed by atoms with E-state index in [-0.39, 0.29) is 5.41 Å². The minimum atomic E-state index is -0.923. The minimum Gasteiger partial charge on any atom is -0.478 e. The largest absolute Gasteiger partial charge is 0.478 e. The maximum Gasteiger partial charge on any atom is 0.328 e. The van der Waals surface area contributed by atoms with Gasteiger partial charge in [-0.25, -0.2) is 14.8 Å². The van der Waals surface area contributed by atoms with Crippen molar-refractivity contribution in [1.29, 1.82) is 0 Å². The molecule has 0 fully saturated rings. The Hall–Kier alpha value is -2.62. The molecule has 0 spiro atoms. The Morgan fingerprint density at radius 3 is 2.69 bits per heavy atom. The number of nitrogens with one attached hydrogen (secondary N) is 2. The van der Waals surface area contributed by atoms with Crippen LogP contribution < -0.4 is 4.98 Å². The summed E-state index contributed by atoms with van der Waals surface area (Å²) >= 11 is 0. The monoisotopic (exact) mass is 353 g/mol. The van der Waals surface area contributed by atoms with Crippen LogP contribution in [-0.2, 0) is 4.79 Å². The van der Waals surface area contributed by atoms with Crippen molar-refractivity contribution >= 4 is 11.5 Å². The van der Waals surface area contributed by atoms with E-state index in [4.69, 9.17) is 5.11 Å². The molecule has 138 valence electrons. The SMILES string of the molecule is CC(/C=C/C1=C(c2[nH]cc[nH+]2)CCCC1(C)C)=C\C=C\C(C)=C\C(=O)O. The third-order valence-electron chi connectivity index (χ3n) is 4.71. The first-order valence-corrected chi connectivity index (χ1v) is 9.03. The van der Waals surface area contributed by atoms with E-state index < -0.39 is 5.97 Å². The van der Waals surface area contributed by atoms with Crippen LogP contribution in [0.5, 0.6) is 0 Å². The molecule has 0 radical (unpaired) electrons. The molecule has 0 amide bonds. The summed E-state index contributed by atoms with van der Waals surface area (Å²) in [6, 6.07) is 0. The number of hydrogen-bond donors (Lipinski definition) is 2. The molecule has 0 saturated carbocycles. The lowest BCUT2D eigenvalue weighted by Crippen LogP contribution is -2.21. The van der Waals surface area contributed by atoms with Crippen molar-refractivity contribution < 1.29 is 14.9 Å². The summed E-state index contributed by atoms with van der Waals surface area (Å²) in [5, 5.41) is 8.73. The van der Waals surface area contributed by atoms with Gasteiger partial charge in [0.15, 0.2) is 0 Å². The van der Waals surface area contributed by atoms with Crippen LogP contribution >= 0.6 is 0 Å². The third kappa shape index (κ3) is 5.45. The maximum absolute atomic E-state index is 10.6. The van der Waals surface area contributed by atoms with Crippen LogP contribution in [0.3, 0.4) is 0 Å². The van der Waals surface area contributed by atoms with Gasteiger partial charge in [0.05, 0.1) is 0 Å². The van der Waals surface area contributed by atoms with Crippen molar-refractivity contribution in [2.75, 3.05) is 0 Å². The smallest absolute Gasteiger partial charge is 0.328 e. The number of allylic oxidation sites excluding steroid dienone is 9. The van der Waals surface area contributed by atoms with Crippen LogP contribution in [0.2, 0.25) is 0 Å². The molecule has 3 N–H and O–H groups in total. The average molecular weight is 353 g/mol. The van der Waals surface area contributed by atoms with Crippen molar-refractivity contribution in [3.63, 3.8) is 0 Å². The molecule has 1 heterocycles. The average Bonchev–Trinajstić information content (AvgIpc) is 3.06. The van der Waals surface area contributed by atoms with Crippen LogP contribution in [-0.4, -0.2) is 16.1 Å².